The van der Waals surface area contributed by atoms with E-state index in [4.69, 9.17) is 0 Å². The van der Waals surface area contributed by atoms with Crippen molar-refractivity contribution >= 4 is 10.0 Å². The maximum atomic E-state index is 12.9. The van der Waals surface area contributed by atoms with Crippen molar-refractivity contribution in [3.05, 3.63) is 47.3 Å². The quantitative estimate of drug-likeness (QED) is 0.817. The van der Waals surface area contributed by atoms with E-state index in [1.165, 1.54) is 17.3 Å². The lowest BCUT2D eigenvalue weighted by Crippen LogP contribution is -2.48. The topological polar surface area (TPSA) is 58.4 Å². The molecule has 0 unspecified atom stereocenters. The summed E-state index contributed by atoms with van der Waals surface area (Å²) in [5, 5.41) is 4.17. The Balaban J connectivity index is 1.65. The van der Waals surface area contributed by atoms with Gasteiger partial charge in [0.15, 0.2) is 0 Å². The zero-order chi connectivity index (χ0) is 18.0. The average Bonchev–Trinajstić information content (AvgIpc) is 2.99. The number of sulfonamides is 1. The third-order valence-electron chi connectivity index (χ3n) is 4.83. The molecule has 1 aliphatic rings. The molecule has 136 valence electrons. The second-order valence-corrected chi connectivity index (χ2v) is 8.48. The van der Waals surface area contributed by atoms with E-state index in [2.05, 4.69) is 41.2 Å². The maximum Gasteiger partial charge on any atom is 0.246 e. The van der Waals surface area contributed by atoms with E-state index in [0.29, 0.717) is 30.2 Å². The molecule has 25 heavy (non-hydrogen) atoms. The van der Waals surface area contributed by atoms with Crippen LogP contribution < -0.4 is 0 Å². The number of aromatic nitrogens is 2. The standard InChI is InChI=1S/C18H26N4O2S/c1-4-22-16(3)18(13-19-22)25(23,24)21-11-9-20(10-12-21)14-17-7-5-15(2)6-8-17/h5-8,13H,4,9-12,14H2,1-3H3. The highest BCUT2D eigenvalue weighted by Gasteiger charge is 2.31. The van der Waals surface area contributed by atoms with Crippen LogP contribution in [0.4, 0.5) is 0 Å². The van der Waals surface area contributed by atoms with Crippen LogP contribution in [0.5, 0.6) is 0 Å². The highest BCUT2D eigenvalue weighted by atomic mass is 32.2. The van der Waals surface area contributed by atoms with E-state index in [1.807, 2.05) is 13.8 Å². The maximum absolute atomic E-state index is 12.9. The fraction of sp³-hybridized carbons (Fsp3) is 0.500. The lowest BCUT2D eigenvalue weighted by Gasteiger charge is -2.33. The van der Waals surface area contributed by atoms with Crippen molar-refractivity contribution in [1.29, 1.82) is 0 Å². The van der Waals surface area contributed by atoms with E-state index < -0.39 is 10.0 Å². The van der Waals surface area contributed by atoms with Gasteiger partial charge < -0.3 is 0 Å². The van der Waals surface area contributed by atoms with Crippen LogP contribution in [-0.4, -0.2) is 53.6 Å². The number of benzene rings is 1. The van der Waals surface area contributed by atoms with Crippen LogP contribution in [0, 0.1) is 13.8 Å². The third kappa shape index (κ3) is 3.78. The van der Waals surface area contributed by atoms with Crippen LogP contribution in [0.25, 0.3) is 0 Å². The first-order valence-electron chi connectivity index (χ1n) is 8.72. The molecule has 1 saturated heterocycles. The van der Waals surface area contributed by atoms with Crippen LogP contribution >= 0.6 is 0 Å². The molecular formula is C18H26N4O2S. The highest BCUT2D eigenvalue weighted by Crippen LogP contribution is 2.21. The van der Waals surface area contributed by atoms with Gasteiger partial charge in [-0.1, -0.05) is 29.8 Å². The highest BCUT2D eigenvalue weighted by molar-refractivity contribution is 7.89. The minimum Gasteiger partial charge on any atom is -0.296 e. The fourth-order valence-electron chi connectivity index (χ4n) is 3.22. The van der Waals surface area contributed by atoms with Gasteiger partial charge in [-0.25, -0.2) is 8.42 Å². The second-order valence-electron chi connectivity index (χ2n) is 6.58. The summed E-state index contributed by atoms with van der Waals surface area (Å²) in [6.07, 6.45) is 1.48. The summed E-state index contributed by atoms with van der Waals surface area (Å²) in [4.78, 5) is 2.64. The van der Waals surface area contributed by atoms with Crippen molar-refractivity contribution in [3.63, 3.8) is 0 Å². The summed E-state index contributed by atoms with van der Waals surface area (Å²) in [5.41, 5.74) is 3.23. The van der Waals surface area contributed by atoms with Gasteiger partial charge in [-0.15, -0.1) is 0 Å². The van der Waals surface area contributed by atoms with Gasteiger partial charge in [0.2, 0.25) is 10.0 Å². The smallest absolute Gasteiger partial charge is 0.246 e. The lowest BCUT2D eigenvalue weighted by atomic mass is 10.1. The Morgan fingerprint density at radius 3 is 2.24 bits per heavy atom. The molecule has 2 heterocycles. The molecule has 0 amide bonds. The number of piperazine rings is 1. The molecule has 1 aromatic heterocycles. The molecule has 7 heteroatoms. The monoisotopic (exact) mass is 362 g/mol. The predicted molar refractivity (Wildman–Crippen MR) is 97.9 cm³/mol. The summed E-state index contributed by atoms with van der Waals surface area (Å²) in [6.45, 7) is 9.91. The van der Waals surface area contributed by atoms with Crippen molar-refractivity contribution in [3.8, 4) is 0 Å². The molecule has 3 rings (SSSR count). The van der Waals surface area contributed by atoms with Crippen LogP contribution in [0.2, 0.25) is 0 Å². The molecule has 1 aliphatic heterocycles. The van der Waals surface area contributed by atoms with E-state index in [0.717, 1.165) is 19.6 Å². The summed E-state index contributed by atoms with van der Waals surface area (Å²) in [7, 11) is -3.46. The van der Waals surface area contributed by atoms with Gasteiger partial charge in [-0.05, 0) is 26.3 Å². The van der Waals surface area contributed by atoms with E-state index in [9.17, 15) is 8.42 Å². The van der Waals surface area contributed by atoms with Crippen molar-refractivity contribution in [1.82, 2.24) is 19.0 Å². The van der Waals surface area contributed by atoms with Gasteiger partial charge in [-0.3, -0.25) is 9.58 Å². The Kier molecular flexibility index (Phi) is 5.27. The fourth-order valence-corrected chi connectivity index (χ4v) is 4.80. The van der Waals surface area contributed by atoms with Crippen LogP contribution in [0.3, 0.4) is 0 Å². The molecule has 0 radical (unpaired) electrons. The average molecular weight is 362 g/mol. The van der Waals surface area contributed by atoms with Gasteiger partial charge >= 0.3 is 0 Å². The summed E-state index contributed by atoms with van der Waals surface area (Å²) in [5.74, 6) is 0. The summed E-state index contributed by atoms with van der Waals surface area (Å²) >= 11 is 0. The third-order valence-corrected chi connectivity index (χ3v) is 6.84. The molecule has 6 nitrogen and oxygen atoms in total. The van der Waals surface area contributed by atoms with E-state index in [-0.39, 0.29) is 0 Å². The molecule has 0 saturated carbocycles. The SMILES string of the molecule is CCn1ncc(S(=O)(=O)N2CCN(Cc3ccc(C)cc3)CC2)c1C. The van der Waals surface area contributed by atoms with Crippen molar-refractivity contribution in [2.24, 2.45) is 0 Å². The normalized spacial score (nSPS) is 17.1. The molecule has 0 bridgehead atoms. The molecule has 0 N–H and O–H groups in total. The van der Waals surface area contributed by atoms with Gasteiger partial charge in [0.25, 0.3) is 0 Å². The summed E-state index contributed by atoms with van der Waals surface area (Å²) < 4.78 is 29.1. The summed E-state index contributed by atoms with van der Waals surface area (Å²) in [6, 6.07) is 8.51. The molecule has 2 aromatic rings. The van der Waals surface area contributed by atoms with Crippen LogP contribution in [-0.2, 0) is 23.1 Å². The second kappa shape index (κ2) is 7.27. The number of hydrogen-bond acceptors (Lipinski definition) is 4. The van der Waals surface area contributed by atoms with Gasteiger partial charge in [0.1, 0.15) is 4.90 Å². The number of aryl methyl sites for hydroxylation is 2. The number of rotatable bonds is 5. The number of hydrogen-bond donors (Lipinski definition) is 0. The predicted octanol–water partition coefficient (Wildman–Crippen LogP) is 2.03. The number of nitrogens with zero attached hydrogens (tertiary/aromatic N) is 4. The van der Waals surface area contributed by atoms with E-state index in [1.54, 1.807) is 8.99 Å². The van der Waals surface area contributed by atoms with Gasteiger partial charge in [0.05, 0.1) is 11.9 Å². The Hall–Kier alpha value is -1.70. The van der Waals surface area contributed by atoms with E-state index >= 15 is 0 Å². The molecular weight excluding hydrogens is 336 g/mol. The van der Waals surface area contributed by atoms with Crippen LogP contribution in [0.15, 0.2) is 35.4 Å². The van der Waals surface area contributed by atoms with Crippen molar-refractivity contribution < 1.29 is 8.42 Å². The molecule has 0 spiro atoms. The Morgan fingerprint density at radius 1 is 1.04 bits per heavy atom. The first kappa shape index (κ1) is 18.1. The van der Waals surface area contributed by atoms with Crippen LogP contribution in [0.1, 0.15) is 23.7 Å². The zero-order valence-corrected chi connectivity index (χ0v) is 16.0. The first-order valence-corrected chi connectivity index (χ1v) is 10.2. The first-order chi connectivity index (χ1) is 11.9. The van der Waals surface area contributed by atoms with Crippen molar-refractivity contribution in [2.45, 2.75) is 38.8 Å². The largest absolute Gasteiger partial charge is 0.296 e. The molecule has 0 atom stereocenters. The molecule has 1 fully saturated rings. The minimum atomic E-state index is -3.46. The lowest BCUT2D eigenvalue weighted by molar-refractivity contribution is 0.181. The van der Waals surface area contributed by atoms with Gasteiger partial charge in [-0.2, -0.15) is 9.40 Å². The molecule has 1 aromatic carbocycles. The van der Waals surface area contributed by atoms with Crippen molar-refractivity contribution in [2.75, 3.05) is 26.2 Å². The van der Waals surface area contributed by atoms with Gasteiger partial charge in [0, 0.05) is 39.3 Å². The Bertz CT molecular complexity index is 819. The Morgan fingerprint density at radius 2 is 1.68 bits per heavy atom. The zero-order valence-electron chi connectivity index (χ0n) is 15.1. The Labute approximate surface area is 150 Å². The molecule has 0 aliphatic carbocycles. The minimum absolute atomic E-state index is 0.335.